The number of hydrogen-bond donors (Lipinski definition) is 5. The fraction of sp³-hybridized carbons (Fsp3) is 0.300. The average Bonchev–Trinajstić information content (AvgIpc) is 2.74. The molecule has 1 heterocycles. The van der Waals surface area contributed by atoms with E-state index in [9.17, 15) is 40.1 Å². The summed E-state index contributed by atoms with van der Waals surface area (Å²) in [5.74, 6) is -4.00. The zero-order valence-electron chi connectivity index (χ0n) is 16.5. The first-order valence-corrected chi connectivity index (χ1v) is 9.23. The van der Waals surface area contributed by atoms with Crippen molar-refractivity contribution in [2.24, 2.45) is 0 Å². The Bertz CT molecular complexity index is 1050. The highest BCUT2D eigenvalue weighted by Gasteiger charge is 2.48. The molecule has 0 saturated carbocycles. The number of phenolic OH excluding ortho intramolecular Hbond substituents is 1. The van der Waals surface area contributed by atoms with Crippen LogP contribution in [0.4, 0.5) is 5.69 Å². The number of aromatic hydroxyl groups is 1. The van der Waals surface area contributed by atoms with Gasteiger partial charge in [0.2, 0.25) is 12.0 Å². The van der Waals surface area contributed by atoms with Crippen LogP contribution in [-0.2, 0) is 9.53 Å². The Morgan fingerprint density at radius 1 is 1.03 bits per heavy atom. The molecule has 5 atom stereocenters. The van der Waals surface area contributed by atoms with E-state index in [-0.39, 0.29) is 11.1 Å². The number of carbonyl (C=O) groups excluding carboxylic acids is 1. The Morgan fingerprint density at radius 3 is 2.22 bits per heavy atom. The Kier molecular flexibility index (Phi) is 6.41. The molecule has 5 N–H and O–H groups in total. The summed E-state index contributed by atoms with van der Waals surface area (Å²) in [6, 6.07) is 8.10. The van der Waals surface area contributed by atoms with Gasteiger partial charge in [-0.3, -0.25) is 14.9 Å². The Hall–Kier alpha value is -3.58. The number of ketones is 1. The number of nitrogens with zero attached hydrogens (tertiary/aromatic N) is 1. The first-order valence-electron chi connectivity index (χ1n) is 9.23. The van der Waals surface area contributed by atoms with Gasteiger partial charge in [-0.05, 0) is 13.0 Å². The van der Waals surface area contributed by atoms with Crippen molar-refractivity contribution in [2.75, 3.05) is 0 Å². The summed E-state index contributed by atoms with van der Waals surface area (Å²) in [7, 11) is 0. The highest BCUT2D eigenvalue weighted by atomic mass is 16.7. The molecule has 3 rings (SSSR count). The molecule has 12 heteroatoms. The van der Waals surface area contributed by atoms with Gasteiger partial charge in [0, 0.05) is 17.2 Å². The molecule has 2 aromatic rings. The molecule has 1 aliphatic rings. The van der Waals surface area contributed by atoms with E-state index in [1.165, 1.54) is 12.1 Å². The molecule has 0 radical (unpaired) electrons. The van der Waals surface area contributed by atoms with Crippen LogP contribution in [0, 0.1) is 17.0 Å². The van der Waals surface area contributed by atoms with Crippen LogP contribution >= 0.6 is 0 Å². The summed E-state index contributed by atoms with van der Waals surface area (Å²) in [6.07, 6.45) is -9.89. The topological polar surface area (TPSA) is 197 Å². The van der Waals surface area contributed by atoms with Gasteiger partial charge >= 0.3 is 11.7 Å². The number of benzene rings is 2. The molecule has 1 fully saturated rings. The van der Waals surface area contributed by atoms with Gasteiger partial charge in [0.15, 0.2) is 17.6 Å². The predicted octanol–water partition coefficient (Wildman–Crippen LogP) is 0.111. The van der Waals surface area contributed by atoms with E-state index in [0.717, 1.165) is 17.7 Å². The molecule has 0 bridgehead atoms. The monoisotopic (exact) mass is 449 g/mol. The number of hydrogen-bond acceptors (Lipinski definition) is 10. The molecule has 0 aliphatic carbocycles. The molecule has 170 valence electrons. The lowest BCUT2D eigenvalue weighted by Crippen LogP contribution is -2.61. The van der Waals surface area contributed by atoms with Gasteiger partial charge < -0.3 is 35.0 Å². The summed E-state index contributed by atoms with van der Waals surface area (Å²) in [5, 5.41) is 60.4. The van der Waals surface area contributed by atoms with Crippen molar-refractivity contribution < 1.29 is 49.5 Å². The molecule has 32 heavy (non-hydrogen) atoms. The normalized spacial score (nSPS) is 25.2. The van der Waals surface area contributed by atoms with Crippen molar-refractivity contribution in [2.45, 2.75) is 37.6 Å². The van der Waals surface area contributed by atoms with Crippen LogP contribution in [0.25, 0.3) is 0 Å². The minimum absolute atomic E-state index is 0.194. The zero-order chi connectivity index (χ0) is 23.7. The molecule has 1 unspecified atom stereocenters. The van der Waals surface area contributed by atoms with Gasteiger partial charge in [-0.15, -0.1) is 0 Å². The van der Waals surface area contributed by atoms with Crippen LogP contribution in [0.15, 0.2) is 36.4 Å². The average molecular weight is 449 g/mol. The number of carboxylic acids is 1. The van der Waals surface area contributed by atoms with Crippen molar-refractivity contribution in [3.05, 3.63) is 63.2 Å². The number of aryl methyl sites for hydroxylation is 1. The maximum atomic E-state index is 12.8. The summed E-state index contributed by atoms with van der Waals surface area (Å²) < 4.78 is 10.2. The minimum Gasteiger partial charge on any atom is -0.500 e. The number of aliphatic hydroxyl groups excluding tert-OH is 3. The lowest BCUT2D eigenvalue weighted by molar-refractivity contribution is -0.386. The van der Waals surface area contributed by atoms with Crippen LogP contribution in [0.3, 0.4) is 0 Å². The number of nitro groups is 1. The van der Waals surface area contributed by atoms with Gasteiger partial charge in [0.05, 0.1) is 4.92 Å². The third kappa shape index (κ3) is 4.38. The van der Waals surface area contributed by atoms with Crippen molar-refractivity contribution in [3.63, 3.8) is 0 Å². The third-order valence-corrected chi connectivity index (χ3v) is 4.88. The molecule has 0 spiro atoms. The Labute approximate surface area is 180 Å². The van der Waals surface area contributed by atoms with Gasteiger partial charge in [-0.1, -0.05) is 29.8 Å². The van der Waals surface area contributed by atoms with Crippen LogP contribution in [0.2, 0.25) is 0 Å². The van der Waals surface area contributed by atoms with E-state index in [1.54, 1.807) is 19.1 Å². The second kappa shape index (κ2) is 8.88. The Balaban J connectivity index is 2.00. The fourth-order valence-electron chi connectivity index (χ4n) is 3.10. The summed E-state index contributed by atoms with van der Waals surface area (Å²) in [5.41, 5.74) is -0.0629. The number of carboxylic acid groups (broad SMARTS) is 1. The first-order chi connectivity index (χ1) is 15.0. The van der Waals surface area contributed by atoms with Crippen LogP contribution < -0.4 is 4.74 Å². The van der Waals surface area contributed by atoms with Gasteiger partial charge in [0.1, 0.15) is 18.3 Å². The van der Waals surface area contributed by atoms with Crippen molar-refractivity contribution in [3.8, 4) is 11.5 Å². The molecule has 1 aliphatic heterocycles. The molecular weight excluding hydrogens is 430 g/mol. The molecule has 2 aromatic carbocycles. The number of carbonyl (C=O) groups is 2. The number of rotatable bonds is 6. The molecule has 1 saturated heterocycles. The summed E-state index contributed by atoms with van der Waals surface area (Å²) >= 11 is 0. The standard InChI is InChI=1S/C20H19NO11/c1-8-2-4-9(5-3-8)13(22)10-6-11(21(29)30)14(23)12(7-10)31-20-17(26)15(24)16(25)18(32-20)19(27)28/h2-7,15-18,20,23-26H,1H3,(H,27,28)/t15-,16-,17-,18?,20+/m0/s1. The van der Waals surface area contributed by atoms with Crippen LogP contribution in [0.1, 0.15) is 21.5 Å². The maximum Gasteiger partial charge on any atom is 0.335 e. The number of ether oxygens (including phenoxy) is 2. The highest BCUT2D eigenvalue weighted by molar-refractivity contribution is 6.09. The number of aliphatic hydroxyl groups is 3. The van der Waals surface area contributed by atoms with Gasteiger partial charge in [0.25, 0.3) is 0 Å². The van der Waals surface area contributed by atoms with E-state index >= 15 is 0 Å². The van der Waals surface area contributed by atoms with Crippen LogP contribution in [-0.4, -0.2) is 72.9 Å². The van der Waals surface area contributed by atoms with Crippen molar-refractivity contribution in [1.29, 1.82) is 0 Å². The molecular formula is C20H19NO11. The quantitative estimate of drug-likeness (QED) is 0.228. The number of aliphatic carboxylic acids is 1. The van der Waals surface area contributed by atoms with Gasteiger partial charge in [-0.2, -0.15) is 0 Å². The SMILES string of the molecule is Cc1ccc(C(=O)c2cc(O[C@@H]3OC(C(=O)O)[C@@H](O)[C@H](O)[C@@H]3O)c(O)c([N+](=O)[O-])c2)cc1. The second-order valence-electron chi connectivity index (χ2n) is 7.15. The first kappa shape index (κ1) is 23.1. The molecule has 0 aromatic heterocycles. The van der Waals surface area contributed by atoms with E-state index in [1.807, 2.05) is 0 Å². The summed E-state index contributed by atoms with van der Waals surface area (Å²) in [6.45, 7) is 1.80. The fourth-order valence-corrected chi connectivity index (χ4v) is 3.10. The zero-order valence-corrected chi connectivity index (χ0v) is 16.5. The van der Waals surface area contributed by atoms with Crippen LogP contribution in [0.5, 0.6) is 11.5 Å². The van der Waals surface area contributed by atoms with E-state index in [4.69, 9.17) is 14.6 Å². The predicted molar refractivity (Wildman–Crippen MR) is 104 cm³/mol. The minimum atomic E-state index is -2.00. The molecule has 0 amide bonds. The van der Waals surface area contributed by atoms with E-state index < -0.39 is 64.6 Å². The van der Waals surface area contributed by atoms with E-state index in [0.29, 0.717) is 0 Å². The van der Waals surface area contributed by atoms with Crippen molar-refractivity contribution >= 4 is 17.4 Å². The van der Waals surface area contributed by atoms with Crippen molar-refractivity contribution in [1.82, 2.24) is 0 Å². The lowest BCUT2D eigenvalue weighted by atomic mass is 9.99. The maximum absolute atomic E-state index is 12.8. The smallest absolute Gasteiger partial charge is 0.335 e. The second-order valence-corrected chi connectivity index (χ2v) is 7.15. The number of phenols is 1. The number of nitro benzene ring substituents is 1. The largest absolute Gasteiger partial charge is 0.500 e. The van der Waals surface area contributed by atoms with Gasteiger partial charge in [-0.25, -0.2) is 4.79 Å². The Morgan fingerprint density at radius 2 is 1.66 bits per heavy atom. The molecule has 12 nitrogen and oxygen atoms in total. The van der Waals surface area contributed by atoms with E-state index in [2.05, 4.69) is 0 Å². The third-order valence-electron chi connectivity index (χ3n) is 4.88. The summed E-state index contributed by atoms with van der Waals surface area (Å²) in [4.78, 5) is 34.4. The highest BCUT2D eigenvalue weighted by Crippen LogP contribution is 2.39. The lowest BCUT2D eigenvalue weighted by Gasteiger charge is -2.38.